The summed E-state index contributed by atoms with van der Waals surface area (Å²) in [5, 5.41) is 19.8. The van der Waals surface area contributed by atoms with Gasteiger partial charge in [0, 0.05) is 18.7 Å². The van der Waals surface area contributed by atoms with Crippen molar-refractivity contribution in [2.24, 2.45) is 5.92 Å². The van der Waals surface area contributed by atoms with E-state index in [4.69, 9.17) is 0 Å². The molecule has 1 aromatic rings. The van der Waals surface area contributed by atoms with Crippen LogP contribution in [0.4, 0.5) is 5.69 Å². The predicted octanol–water partition coefficient (Wildman–Crippen LogP) is 2.44. The maximum atomic E-state index is 11.5. The van der Waals surface area contributed by atoms with E-state index in [-0.39, 0.29) is 0 Å². The Morgan fingerprint density at radius 2 is 2.00 bits per heavy atom. The molecule has 1 aliphatic heterocycles. The first-order chi connectivity index (χ1) is 10.1. The lowest BCUT2D eigenvalue weighted by atomic mass is 9.99. The number of carboxylic acids is 1. The molecule has 114 valence electrons. The van der Waals surface area contributed by atoms with Crippen LogP contribution in [0.2, 0.25) is 0 Å². The van der Waals surface area contributed by atoms with Gasteiger partial charge in [-0.05, 0) is 24.0 Å². The molecule has 1 heterocycles. The zero-order chi connectivity index (χ0) is 14.8. The monoisotopic (exact) mass is 289 g/mol. The molecule has 1 aliphatic carbocycles. The van der Waals surface area contributed by atoms with E-state index in [0.29, 0.717) is 18.9 Å². The third-order valence-electron chi connectivity index (χ3n) is 4.86. The SMILES string of the molecule is O=C(O)C1Cc2ccccc2N1CC(O)CC1CCCC1. The van der Waals surface area contributed by atoms with Crippen molar-refractivity contribution in [2.45, 2.75) is 50.7 Å². The van der Waals surface area contributed by atoms with Crippen LogP contribution in [0.3, 0.4) is 0 Å². The number of hydrogen-bond donors (Lipinski definition) is 2. The average Bonchev–Trinajstić information content (AvgIpc) is 3.07. The number of β-amino-alcohol motifs (C(OH)–C–C–N with tert-alkyl or cyclic N) is 1. The molecule has 21 heavy (non-hydrogen) atoms. The summed E-state index contributed by atoms with van der Waals surface area (Å²) in [5.41, 5.74) is 2.04. The van der Waals surface area contributed by atoms with E-state index in [9.17, 15) is 15.0 Å². The lowest BCUT2D eigenvalue weighted by Crippen LogP contribution is -2.43. The second-order valence-corrected chi connectivity index (χ2v) is 6.38. The number of rotatable bonds is 5. The molecule has 0 spiro atoms. The molecular formula is C17H23NO3. The minimum absolute atomic E-state index is 0.421. The number of carboxylic acid groups (broad SMARTS) is 1. The van der Waals surface area contributed by atoms with Crippen LogP contribution < -0.4 is 4.90 Å². The number of aliphatic hydroxyl groups is 1. The quantitative estimate of drug-likeness (QED) is 0.874. The van der Waals surface area contributed by atoms with E-state index in [2.05, 4.69) is 0 Å². The molecule has 0 saturated heterocycles. The molecule has 1 aromatic carbocycles. The highest BCUT2D eigenvalue weighted by molar-refractivity contribution is 5.82. The van der Waals surface area contributed by atoms with E-state index in [1.165, 1.54) is 25.7 Å². The minimum atomic E-state index is -0.806. The van der Waals surface area contributed by atoms with Crippen molar-refractivity contribution in [3.8, 4) is 0 Å². The van der Waals surface area contributed by atoms with Crippen molar-refractivity contribution in [3.05, 3.63) is 29.8 Å². The van der Waals surface area contributed by atoms with Crippen LogP contribution in [-0.2, 0) is 11.2 Å². The van der Waals surface area contributed by atoms with E-state index in [0.717, 1.165) is 17.7 Å². The molecule has 2 aliphatic rings. The van der Waals surface area contributed by atoms with Gasteiger partial charge in [0.25, 0.3) is 0 Å². The van der Waals surface area contributed by atoms with Crippen molar-refractivity contribution >= 4 is 11.7 Å². The van der Waals surface area contributed by atoms with Gasteiger partial charge in [0.15, 0.2) is 0 Å². The van der Waals surface area contributed by atoms with Gasteiger partial charge in [-0.2, -0.15) is 0 Å². The third-order valence-corrected chi connectivity index (χ3v) is 4.86. The van der Waals surface area contributed by atoms with Gasteiger partial charge in [-0.25, -0.2) is 4.79 Å². The van der Waals surface area contributed by atoms with Gasteiger partial charge in [-0.1, -0.05) is 43.9 Å². The van der Waals surface area contributed by atoms with Crippen LogP contribution in [-0.4, -0.2) is 34.9 Å². The summed E-state index contributed by atoms with van der Waals surface area (Å²) in [6.45, 7) is 0.421. The fourth-order valence-electron chi connectivity index (χ4n) is 3.83. The summed E-state index contributed by atoms with van der Waals surface area (Å²) < 4.78 is 0. The standard InChI is InChI=1S/C17H23NO3/c19-14(9-12-5-1-2-6-12)11-18-15-8-4-3-7-13(15)10-16(18)17(20)21/h3-4,7-8,12,14,16,19H,1-2,5-6,9-11H2,(H,20,21). The van der Waals surface area contributed by atoms with Crippen LogP contribution >= 0.6 is 0 Å². The van der Waals surface area contributed by atoms with Crippen LogP contribution in [0.5, 0.6) is 0 Å². The van der Waals surface area contributed by atoms with E-state index < -0.39 is 18.1 Å². The van der Waals surface area contributed by atoms with Gasteiger partial charge >= 0.3 is 5.97 Å². The lowest BCUT2D eigenvalue weighted by Gasteiger charge is -2.28. The summed E-state index contributed by atoms with van der Waals surface area (Å²) in [4.78, 5) is 13.4. The van der Waals surface area contributed by atoms with Gasteiger partial charge in [0.2, 0.25) is 0 Å². The Bertz CT molecular complexity index is 511. The first kappa shape index (κ1) is 14.4. The maximum absolute atomic E-state index is 11.5. The molecule has 1 fully saturated rings. The van der Waals surface area contributed by atoms with Crippen molar-refractivity contribution in [3.63, 3.8) is 0 Å². The predicted molar refractivity (Wildman–Crippen MR) is 81.5 cm³/mol. The Balaban J connectivity index is 1.70. The Morgan fingerprint density at radius 3 is 2.71 bits per heavy atom. The number of anilines is 1. The van der Waals surface area contributed by atoms with Gasteiger partial charge < -0.3 is 15.1 Å². The van der Waals surface area contributed by atoms with Gasteiger partial charge in [0.1, 0.15) is 6.04 Å². The smallest absolute Gasteiger partial charge is 0.326 e. The molecule has 1 saturated carbocycles. The maximum Gasteiger partial charge on any atom is 0.326 e. The molecule has 2 unspecified atom stereocenters. The first-order valence-corrected chi connectivity index (χ1v) is 7.90. The van der Waals surface area contributed by atoms with Crippen molar-refractivity contribution in [2.75, 3.05) is 11.4 Å². The summed E-state index contributed by atoms with van der Waals surface area (Å²) in [7, 11) is 0. The molecule has 0 bridgehead atoms. The second kappa shape index (κ2) is 6.06. The van der Waals surface area contributed by atoms with Crippen molar-refractivity contribution in [1.82, 2.24) is 0 Å². The molecule has 4 heteroatoms. The second-order valence-electron chi connectivity index (χ2n) is 6.38. The van der Waals surface area contributed by atoms with Gasteiger partial charge in [0.05, 0.1) is 6.10 Å². The molecule has 0 amide bonds. The highest BCUT2D eigenvalue weighted by Gasteiger charge is 2.35. The molecule has 2 atom stereocenters. The largest absolute Gasteiger partial charge is 0.480 e. The summed E-state index contributed by atoms with van der Waals surface area (Å²) in [6.07, 6.45) is 5.82. The Morgan fingerprint density at radius 1 is 1.29 bits per heavy atom. The fraction of sp³-hybridized carbons (Fsp3) is 0.588. The number of nitrogens with zero attached hydrogens (tertiary/aromatic N) is 1. The van der Waals surface area contributed by atoms with E-state index in [1.807, 2.05) is 29.2 Å². The number of hydrogen-bond acceptors (Lipinski definition) is 3. The first-order valence-electron chi connectivity index (χ1n) is 7.90. The highest BCUT2D eigenvalue weighted by Crippen LogP contribution is 2.34. The molecule has 2 N–H and O–H groups in total. The summed E-state index contributed by atoms with van der Waals surface area (Å²) in [6, 6.07) is 7.27. The molecular weight excluding hydrogens is 266 g/mol. The number of para-hydroxylation sites is 1. The van der Waals surface area contributed by atoms with Crippen LogP contribution in [0, 0.1) is 5.92 Å². The number of benzene rings is 1. The van der Waals surface area contributed by atoms with E-state index >= 15 is 0 Å². The summed E-state index contributed by atoms with van der Waals surface area (Å²) >= 11 is 0. The zero-order valence-electron chi connectivity index (χ0n) is 12.2. The Labute approximate surface area is 125 Å². The molecule has 0 radical (unpaired) electrons. The Kier molecular flexibility index (Phi) is 4.15. The van der Waals surface area contributed by atoms with Gasteiger partial charge in [-0.3, -0.25) is 0 Å². The fourth-order valence-corrected chi connectivity index (χ4v) is 3.83. The van der Waals surface area contributed by atoms with E-state index in [1.54, 1.807) is 0 Å². The summed E-state index contributed by atoms with van der Waals surface area (Å²) in [5.74, 6) is -0.194. The van der Waals surface area contributed by atoms with Crippen molar-refractivity contribution < 1.29 is 15.0 Å². The molecule has 4 nitrogen and oxygen atoms in total. The molecule has 0 aromatic heterocycles. The third kappa shape index (κ3) is 3.05. The lowest BCUT2D eigenvalue weighted by molar-refractivity contribution is -0.138. The topological polar surface area (TPSA) is 60.8 Å². The minimum Gasteiger partial charge on any atom is -0.480 e. The van der Waals surface area contributed by atoms with Crippen LogP contribution in [0.15, 0.2) is 24.3 Å². The average molecular weight is 289 g/mol. The molecule has 3 rings (SSSR count). The van der Waals surface area contributed by atoms with Crippen LogP contribution in [0.1, 0.15) is 37.7 Å². The highest BCUT2D eigenvalue weighted by atomic mass is 16.4. The van der Waals surface area contributed by atoms with Crippen molar-refractivity contribution in [1.29, 1.82) is 0 Å². The number of fused-ring (bicyclic) bond motifs is 1. The number of carbonyl (C=O) groups is 1. The van der Waals surface area contributed by atoms with Crippen LogP contribution in [0.25, 0.3) is 0 Å². The number of aliphatic hydroxyl groups excluding tert-OH is 1. The normalized spacial score (nSPS) is 23.3. The Hall–Kier alpha value is -1.55. The van der Waals surface area contributed by atoms with Gasteiger partial charge in [-0.15, -0.1) is 0 Å². The zero-order valence-corrected chi connectivity index (χ0v) is 12.2. The number of aliphatic carboxylic acids is 1.